The fourth-order valence-electron chi connectivity index (χ4n) is 9.94. The van der Waals surface area contributed by atoms with Gasteiger partial charge in [-0.2, -0.15) is 0 Å². The number of carbonyl (C=O) groups is 2. The fourth-order valence-corrected chi connectivity index (χ4v) is 9.94. The third-order valence-electron chi connectivity index (χ3n) is 14.7. The molecule has 1 fully saturated rings. The van der Waals surface area contributed by atoms with Gasteiger partial charge in [0.15, 0.2) is 0 Å². The first-order valence-corrected chi connectivity index (χ1v) is 29.4. The van der Waals surface area contributed by atoms with E-state index in [2.05, 4.69) is 37.5 Å². The molecule has 1 aliphatic rings. The molecular formula is C58H114N2O5. The molecule has 0 saturated heterocycles. The number of nitrogens with zero attached hydrogens (tertiary/aromatic N) is 2. The van der Waals surface area contributed by atoms with Crippen LogP contribution in [0.5, 0.6) is 0 Å². The standard InChI is InChI=1S/C58H114N2O5/c1-5-9-13-17-21-27-38-54(39-28-22-18-14-10-6-2)52-64-57(62)44-31-25-33-46-59(50-51-61)47-35-36-49-60(56-42-37-43-56)48-34-26-32-45-58(63)65-53-55(40-29-23-19-15-11-7-3)41-30-24-20-16-12-8-4/h54-56,61H,5-53H2,1-4H3. The van der Waals surface area contributed by atoms with Gasteiger partial charge < -0.3 is 24.4 Å². The van der Waals surface area contributed by atoms with Gasteiger partial charge in [-0.05, 0) is 115 Å². The second-order valence-electron chi connectivity index (χ2n) is 20.8. The highest BCUT2D eigenvalue weighted by atomic mass is 16.5. The summed E-state index contributed by atoms with van der Waals surface area (Å²) in [5.41, 5.74) is 0. The van der Waals surface area contributed by atoms with Crippen molar-refractivity contribution in [2.24, 2.45) is 11.8 Å². The van der Waals surface area contributed by atoms with E-state index in [1.54, 1.807) is 0 Å². The van der Waals surface area contributed by atoms with Crippen molar-refractivity contribution in [3.63, 3.8) is 0 Å². The number of aliphatic hydroxyl groups is 1. The lowest BCUT2D eigenvalue weighted by molar-refractivity contribution is -0.146. The highest BCUT2D eigenvalue weighted by Crippen LogP contribution is 2.26. The molecule has 0 radical (unpaired) electrons. The molecule has 0 spiro atoms. The predicted molar refractivity (Wildman–Crippen MR) is 280 cm³/mol. The van der Waals surface area contributed by atoms with Crippen LogP contribution in [0.1, 0.15) is 291 Å². The van der Waals surface area contributed by atoms with Gasteiger partial charge in [0.25, 0.3) is 0 Å². The molecule has 0 bridgehead atoms. The Morgan fingerprint density at radius 3 is 1.11 bits per heavy atom. The van der Waals surface area contributed by atoms with Crippen molar-refractivity contribution in [3.05, 3.63) is 0 Å². The van der Waals surface area contributed by atoms with Crippen molar-refractivity contribution in [2.75, 3.05) is 52.5 Å². The topological polar surface area (TPSA) is 79.3 Å². The lowest BCUT2D eigenvalue weighted by Crippen LogP contribution is -2.41. The molecule has 0 heterocycles. The Morgan fingerprint density at radius 1 is 0.431 bits per heavy atom. The molecule has 0 aromatic carbocycles. The lowest BCUT2D eigenvalue weighted by atomic mass is 9.91. The Balaban J connectivity index is 2.31. The first-order valence-electron chi connectivity index (χ1n) is 29.4. The molecule has 0 amide bonds. The number of ether oxygens (including phenoxy) is 2. The van der Waals surface area contributed by atoms with E-state index in [1.807, 2.05) is 0 Å². The minimum Gasteiger partial charge on any atom is -0.465 e. The lowest BCUT2D eigenvalue weighted by Gasteiger charge is -2.38. The number of esters is 2. The average Bonchev–Trinajstić information content (AvgIpc) is 3.28. The second-order valence-corrected chi connectivity index (χ2v) is 20.8. The molecule has 1 rings (SSSR count). The van der Waals surface area contributed by atoms with Crippen LogP contribution in [0.25, 0.3) is 0 Å². The van der Waals surface area contributed by atoms with Crippen LogP contribution in [0.4, 0.5) is 0 Å². The van der Waals surface area contributed by atoms with E-state index in [9.17, 15) is 14.7 Å². The van der Waals surface area contributed by atoms with Crippen molar-refractivity contribution in [2.45, 2.75) is 297 Å². The van der Waals surface area contributed by atoms with E-state index in [-0.39, 0.29) is 18.5 Å². The van der Waals surface area contributed by atoms with E-state index >= 15 is 0 Å². The molecular weight excluding hydrogens is 805 g/mol. The van der Waals surface area contributed by atoms with Gasteiger partial charge in [0, 0.05) is 25.4 Å². The van der Waals surface area contributed by atoms with Crippen molar-refractivity contribution in [3.8, 4) is 0 Å². The quantitative estimate of drug-likeness (QED) is 0.0481. The van der Waals surface area contributed by atoms with Gasteiger partial charge in [-0.15, -0.1) is 0 Å². The number of rotatable bonds is 52. The van der Waals surface area contributed by atoms with Crippen LogP contribution in [0.2, 0.25) is 0 Å². The maximum Gasteiger partial charge on any atom is 0.305 e. The number of hydrogen-bond donors (Lipinski definition) is 1. The molecule has 1 aliphatic carbocycles. The van der Waals surface area contributed by atoms with Crippen LogP contribution in [-0.4, -0.2) is 85.4 Å². The normalized spacial score (nSPS) is 13.2. The van der Waals surface area contributed by atoms with Gasteiger partial charge >= 0.3 is 11.9 Å². The van der Waals surface area contributed by atoms with Gasteiger partial charge in [0.2, 0.25) is 0 Å². The maximum atomic E-state index is 12.8. The summed E-state index contributed by atoms with van der Waals surface area (Å²) in [5.74, 6) is 1.06. The summed E-state index contributed by atoms with van der Waals surface area (Å²) >= 11 is 0. The van der Waals surface area contributed by atoms with Crippen molar-refractivity contribution in [1.29, 1.82) is 0 Å². The van der Waals surface area contributed by atoms with Gasteiger partial charge in [0.05, 0.1) is 19.8 Å². The molecule has 0 unspecified atom stereocenters. The molecule has 1 N–H and O–H groups in total. The Bertz CT molecular complexity index is 975. The number of carbonyl (C=O) groups excluding carboxylic acids is 2. The van der Waals surface area contributed by atoms with Gasteiger partial charge in [-0.1, -0.05) is 201 Å². The maximum absolute atomic E-state index is 12.8. The summed E-state index contributed by atoms with van der Waals surface area (Å²) in [6.45, 7) is 15.6. The monoisotopic (exact) mass is 919 g/mol. The second kappa shape index (κ2) is 47.9. The molecule has 7 nitrogen and oxygen atoms in total. The van der Waals surface area contributed by atoms with Gasteiger partial charge in [-0.25, -0.2) is 0 Å². The van der Waals surface area contributed by atoms with Crippen LogP contribution < -0.4 is 0 Å². The first kappa shape index (κ1) is 61.8. The van der Waals surface area contributed by atoms with E-state index in [0.29, 0.717) is 37.9 Å². The smallest absolute Gasteiger partial charge is 0.305 e. The summed E-state index contributed by atoms with van der Waals surface area (Å²) in [4.78, 5) is 30.7. The van der Waals surface area contributed by atoms with Gasteiger partial charge in [0.1, 0.15) is 0 Å². The van der Waals surface area contributed by atoms with E-state index in [4.69, 9.17) is 9.47 Å². The van der Waals surface area contributed by atoms with Crippen LogP contribution in [0.3, 0.4) is 0 Å². The molecule has 0 atom stereocenters. The summed E-state index contributed by atoms with van der Waals surface area (Å²) in [7, 11) is 0. The highest BCUT2D eigenvalue weighted by Gasteiger charge is 2.24. The molecule has 65 heavy (non-hydrogen) atoms. The van der Waals surface area contributed by atoms with Crippen molar-refractivity contribution in [1.82, 2.24) is 9.80 Å². The number of hydrogen-bond acceptors (Lipinski definition) is 7. The summed E-state index contributed by atoms with van der Waals surface area (Å²) in [6.07, 6.45) is 50.2. The van der Waals surface area contributed by atoms with E-state index in [0.717, 1.165) is 83.7 Å². The van der Waals surface area contributed by atoms with E-state index < -0.39 is 0 Å². The largest absolute Gasteiger partial charge is 0.465 e. The fraction of sp³-hybridized carbons (Fsp3) is 0.966. The molecule has 386 valence electrons. The van der Waals surface area contributed by atoms with Crippen molar-refractivity contribution >= 4 is 11.9 Å². The minimum atomic E-state index is -0.0111. The minimum absolute atomic E-state index is 0.0111. The van der Waals surface area contributed by atoms with E-state index in [1.165, 1.54) is 205 Å². The van der Waals surface area contributed by atoms with Crippen LogP contribution >= 0.6 is 0 Å². The Morgan fingerprint density at radius 2 is 0.754 bits per heavy atom. The SMILES string of the molecule is CCCCCCCCC(CCCCCCCC)COC(=O)CCCCCN(CCO)CCCCN(CCCCCC(=O)OCC(CCCCCCCC)CCCCCCCC)C1CCC1. The molecule has 1 saturated carbocycles. The van der Waals surface area contributed by atoms with Crippen LogP contribution in [-0.2, 0) is 19.1 Å². The van der Waals surface area contributed by atoms with Crippen LogP contribution in [0, 0.1) is 11.8 Å². The summed E-state index contributed by atoms with van der Waals surface area (Å²) in [6, 6.07) is 0.738. The molecule has 0 aromatic rings. The Hall–Kier alpha value is -1.18. The van der Waals surface area contributed by atoms with Crippen molar-refractivity contribution < 1.29 is 24.2 Å². The third kappa shape index (κ3) is 39.4. The summed E-state index contributed by atoms with van der Waals surface area (Å²) in [5, 5.41) is 9.79. The molecule has 7 heteroatoms. The summed E-state index contributed by atoms with van der Waals surface area (Å²) < 4.78 is 11.8. The Labute approximate surface area is 405 Å². The highest BCUT2D eigenvalue weighted by molar-refractivity contribution is 5.69. The predicted octanol–water partition coefficient (Wildman–Crippen LogP) is 16.4. The first-order chi connectivity index (χ1) is 32.0. The van der Waals surface area contributed by atoms with Gasteiger partial charge in [-0.3, -0.25) is 9.59 Å². The average molecular weight is 920 g/mol. The third-order valence-corrected chi connectivity index (χ3v) is 14.7. The number of aliphatic hydroxyl groups excluding tert-OH is 1. The molecule has 0 aromatic heterocycles. The zero-order valence-electron chi connectivity index (χ0n) is 44.4. The number of unbranched alkanes of at least 4 members (excludes halogenated alkanes) is 25. The van der Waals surface area contributed by atoms with Crippen LogP contribution in [0.15, 0.2) is 0 Å². The molecule has 0 aliphatic heterocycles. The Kier molecular flexibility index (Phi) is 45.5. The zero-order chi connectivity index (χ0) is 47.1. The zero-order valence-corrected chi connectivity index (χ0v) is 44.4.